The number of aryl methyl sites for hydroxylation is 2. The molecule has 1 amide bonds. The topological polar surface area (TPSA) is 73.6 Å². The molecule has 98 valence electrons. The molecule has 0 aromatic heterocycles. The molecule has 1 saturated heterocycles. The fourth-order valence-corrected chi connectivity index (χ4v) is 2.15. The number of benzene rings is 1. The Morgan fingerprint density at radius 2 is 2.11 bits per heavy atom. The molecular formula is C13H18N2O3. The molecule has 1 heterocycles. The summed E-state index contributed by atoms with van der Waals surface area (Å²) in [5, 5.41) is 2.65. The van der Waals surface area contributed by atoms with Gasteiger partial charge in [-0.2, -0.15) is 0 Å². The first-order valence-corrected chi connectivity index (χ1v) is 5.85. The standard InChI is InChI=1S/C13H18N2O3/c1-8-4-10(11(17-3)5-9(8)2)13(6-14)7-15-12(16)18-13/h4-5H,6-7,14H2,1-3H3,(H,15,16). The lowest BCUT2D eigenvalue weighted by molar-refractivity contribution is 0.0596. The van der Waals surface area contributed by atoms with Gasteiger partial charge in [0.1, 0.15) is 5.75 Å². The summed E-state index contributed by atoms with van der Waals surface area (Å²) in [6, 6.07) is 3.91. The molecule has 1 aromatic rings. The Hall–Kier alpha value is -1.75. The minimum absolute atomic E-state index is 0.213. The maximum atomic E-state index is 11.3. The van der Waals surface area contributed by atoms with Gasteiger partial charge in [0.25, 0.3) is 0 Å². The van der Waals surface area contributed by atoms with Gasteiger partial charge in [0.05, 0.1) is 13.7 Å². The Kier molecular flexibility index (Phi) is 3.17. The molecule has 1 aliphatic rings. The van der Waals surface area contributed by atoms with Crippen LogP contribution in [0, 0.1) is 13.8 Å². The molecule has 0 aliphatic carbocycles. The number of ether oxygens (including phenoxy) is 2. The zero-order chi connectivity index (χ0) is 13.3. The first kappa shape index (κ1) is 12.7. The third kappa shape index (κ3) is 1.90. The lowest BCUT2D eigenvalue weighted by Gasteiger charge is -2.27. The summed E-state index contributed by atoms with van der Waals surface area (Å²) >= 11 is 0. The van der Waals surface area contributed by atoms with Crippen LogP contribution in [0.4, 0.5) is 4.79 Å². The maximum absolute atomic E-state index is 11.3. The van der Waals surface area contributed by atoms with Crippen LogP contribution >= 0.6 is 0 Å². The second-order valence-electron chi connectivity index (χ2n) is 4.58. The lowest BCUT2D eigenvalue weighted by Crippen LogP contribution is -2.39. The fraction of sp³-hybridized carbons (Fsp3) is 0.462. The fourth-order valence-electron chi connectivity index (χ4n) is 2.15. The van der Waals surface area contributed by atoms with E-state index in [1.54, 1.807) is 7.11 Å². The quantitative estimate of drug-likeness (QED) is 0.845. The van der Waals surface area contributed by atoms with Crippen molar-refractivity contribution in [3.05, 3.63) is 28.8 Å². The number of rotatable bonds is 3. The Balaban J connectivity index is 2.54. The van der Waals surface area contributed by atoms with Crippen LogP contribution in [0.5, 0.6) is 5.75 Å². The zero-order valence-electron chi connectivity index (χ0n) is 10.9. The smallest absolute Gasteiger partial charge is 0.408 e. The van der Waals surface area contributed by atoms with Crippen LogP contribution in [-0.2, 0) is 10.3 Å². The van der Waals surface area contributed by atoms with E-state index in [0.29, 0.717) is 12.3 Å². The van der Waals surface area contributed by atoms with E-state index in [1.165, 1.54) is 0 Å². The molecular weight excluding hydrogens is 232 g/mol. The van der Waals surface area contributed by atoms with Crippen molar-refractivity contribution >= 4 is 6.09 Å². The van der Waals surface area contributed by atoms with Gasteiger partial charge in [-0.1, -0.05) is 0 Å². The molecule has 1 aromatic carbocycles. The van der Waals surface area contributed by atoms with Crippen molar-refractivity contribution in [2.24, 2.45) is 5.73 Å². The molecule has 2 rings (SSSR count). The van der Waals surface area contributed by atoms with E-state index in [1.807, 2.05) is 26.0 Å². The molecule has 0 spiro atoms. The van der Waals surface area contributed by atoms with E-state index in [2.05, 4.69) is 5.32 Å². The van der Waals surface area contributed by atoms with Crippen molar-refractivity contribution in [3.8, 4) is 5.75 Å². The summed E-state index contributed by atoms with van der Waals surface area (Å²) in [4.78, 5) is 11.3. The Morgan fingerprint density at radius 1 is 1.44 bits per heavy atom. The average Bonchev–Trinajstić information content (AvgIpc) is 2.75. The number of amides is 1. The second-order valence-corrected chi connectivity index (χ2v) is 4.58. The van der Waals surface area contributed by atoms with Gasteiger partial charge < -0.3 is 20.5 Å². The highest BCUT2D eigenvalue weighted by molar-refractivity contribution is 5.71. The molecule has 3 N–H and O–H groups in total. The second kappa shape index (κ2) is 4.49. The van der Waals surface area contributed by atoms with Crippen LogP contribution in [0.3, 0.4) is 0 Å². The van der Waals surface area contributed by atoms with E-state index in [9.17, 15) is 4.79 Å². The monoisotopic (exact) mass is 250 g/mol. The van der Waals surface area contributed by atoms with Crippen LogP contribution in [0.2, 0.25) is 0 Å². The highest BCUT2D eigenvalue weighted by atomic mass is 16.6. The molecule has 0 saturated carbocycles. The number of methoxy groups -OCH3 is 1. The van der Waals surface area contributed by atoms with E-state index >= 15 is 0 Å². The van der Waals surface area contributed by atoms with Crippen LogP contribution in [0.1, 0.15) is 16.7 Å². The van der Waals surface area contributed by atoms with Gasteiger partial charge in [0.2, 0.25) is 0 Å². The van der Waals surface area contributed by atoms with Crippen molar-refractivity contribution in [2.45, 2.75) is 19.4 Å². The van der Waals surface area contributed by atoms with Crippen molar-refractivity contribution in [1.82, 2.24) is 5.32 Å². The SMILES string of the molecule is COc1cc(C)c(C)cc1C1(CN)CNC(=O)O1. The molecule has 1 aliphatic heterocycles. The van der Waals surface area contributed by atoms with Crippen molar-refractivity contribution in [1.29, 1.82) is 0 Å². The predicted octanol–water partition coefficient (Wildman–Crippen LogP) is 1.21. The molecule has 0 bridgehead atoms. The van der Waals surface area contributed by atoms with Crippen LogP contribution in [0.25, 0.3) is 0 Å². The number of alkyl carbamates (subject to hydrolysis) is 1. The summed E-state index contributed by atoms with van der Waals surface area (Å²) in [6.07, 6.45) is -0.444. The largest absolute Gasteiger partial charge is 0.496 e. The lowest BCUT2D eigenvalue weighted by atomic mass is 9.90. The third-order valence-corrected chi connectivity index (χ3v) is 3.44. The molecule has 1 unspecified atom stereocenters. The van der Waals surface area contributed by atoms with E-state index in [0.717, 1.165) is 16.7 Å². The molecule has 1 atom stereocenters. The minimum Gasteiger partial charge on any atom is -0.496 e. The molecule has 5 heteroatoms. The van der Waals surface area contributed by atoms with E-state index in [4.69, 9.17) is 15.2 Å². The minimum atomic E-state index is -0.832. The first-order chi connectivity index (χ1) is 8.52. The van der Waals surface area contributed by atoms with Crippen molar-refractivity contribution < 1.29 is 14.3 Å². The van der Waals surface area contributed by atoms with Crippen LogP contribution in [-0.4, -0.2) is 26.3 Å². The number of hydrogen-bond acceptors (Lipinski definition) is 4. The van der Waals surface area contributed by atoms with E-state index in [-0.39, 0.29) is 6.54 Å². The normalized spacial score (nSPS) is 22.6. The number of hydrogen-bond donors (Lipinski definition) is 2. The van der Waals surface area contributed by atoms with E-state index < -0.39 is 11.7 Å². The molecule has 5 nitrogen and oxygen atoms in total. The number of carbonyl (C=O) groups excluding carboxylic acids is 1. The Labute approximate surface area is 106 Å². The molecule has 18 heavy (non-hydrogen) atoms. The van der Waals surface area contributed by atoms with Gasteiger partial charge >= 0.3 is 6.09 Å². The highest BCUT2D eigenvalue weighted by Crippen LogP contribution is 2.36. The van der Waals surface area contributed by atoms with Crippen LogP contribution in [0.15, 0.2) is 12.1 Å². The van der Waals surface area contributed by atoms with Gasteiger partial charge in [-0.15, -0.1) is 0 Å². The van der Waals surface area contributed by atoms with Crippen molar-refractivity contribution in [2.75, 3.05) is 20.2 Å². The third-order valence-electron chi connectivity index (χ3n) is 3.44. The first-order valence-electron chi connectivity index (χ1n) is 5.85. The average molecular weight is 250 g/mol. The summed E-state index contributed by atoms with van der Waals surface area (Å²) in [6.45, 7) is 4.59. The van der Waals surface area contributed by atoms with Gasteiger partial charge in [-0.05, 0) is 37.1 Å². The van der Waals surface area contributed by atoms with Crippen molar-refractivity contribution in [3.63, 3.8) is 0 Å². The number of carbonyl (C=O) groups is 1. The van der Waals surface area contributed by atoms with Gasteiger partial charge in [0.15, 0.2) is 5.60 Å². The summed E-state index contributed by atoms with van der Waals surface area (Å²) < 4.78 is 10.7. The zero-order valence-corrected chi connectivity index (χ0v) is 10.9. The summed E-state index contributed by atoms with van der Waals surface area (Å²) in [5.41, 5.74) is 8.02. The Bertz CT molecular complexity index is 487. The van der Waals surface area contributed by atoms with Gasteiger partial charge in [-0.3, -0.25) is 0 Å². The Morgan fingerprint density at radius 3 is 2.61 bits per heavy atom. The molecule has 1 fully saturated rings. The highest BCUT2D eigenvalue weighted by Gasteiger charge is 2.43. The number of cyclic esters (lactones) is 1. The van der Waals surface area contributed by atoms with Crippen LogP contribution < -0.4 is 15.8 Å². The number of nitrogens with one attached hydrogen (secondary N) is 1. The summed E-state index contributed by atoms with van der Waals surface area (Å²) in [7, 11) is 1.60. The van der Waals surface area contributed by atoms with Gasteiger partial charge in [-0.25, -0.2) is 4.79 Å². The maximum Gasteiger partial charge on any atom is 0.408 e. The predicted molar refractivity (Wildman–Crippen MR) is 67.7 cm³/mol. The van der Waals surface area contributed by atoms with Gasteiger partial charge in [0, 0.05) is 12.1 Å². The molecule has 0 radical (unpaired) electrons. The number of nitrogens with two attached hydrogens (primary N) is 1. The summed E-state index contributed by atoms with van der Waals surface area (Å²) in [5.74, 6) is 0.694.